The lowest BCUT2D eigenvalue weighted by molar-refractivity contribution is 0.462. The fourth-order valence-corrected chi connectivity index (χ4v) is 2.55. The van der Waals surface area contributed by atoms with Crippen LogP contribution in [-0.4, -0.2) is 40.0 Å². The highest BCUT2D eigenvalue weighted by Crippen LogP contribution is 2.17. The third-order valence-electron chi connectivity index (χ3n) is 1.81. The van der Waals surface area contributed by atoms with Gasteiger partial charge in [0.2, 0.25) is 0 Å². The standard InChI is InChI=1S/C10H14N2O2S/c1-11-9-4-6-10(7-5-9)15(13,14)8-12(2)3/h4-7H,1,8H2,2-3H3. The first-order valence-corrected chi connectivity index (χ1v) is 6.05. The quantitative estimate of drug-likeness (QED) is 0.727. The second-order valence-corrected chi connectivity index (χ2v) is 5.43. The largest absolute Gasteiger partial charge is 0.296 e. The molecular weight excluding hydrogens is 212 g/mol. The van der Waals surface area contributed by atoms with E-state index < -0.39 is 9.84 Å². The number of aliphatic imine (C=N–C) groups is 1. The van der Waals surface area contributed by atoms with Gasteiger partial charge in [0.25, 0.3) is 0 Å². The van der Waals surface area contributed by atoms with Gasteiger partial charge >= 0.3 is 0 Å². The predicted molar refractivity (Wildman–Crippen MR) is 61.4 cm³/mol. The Hall–Kier alpha value is -1.20. The van der Waals surface area contributed by atoms with Gasteiger partial charge in [0.05, 0.1) is 10.6 Å². The van der Waals surface area contributed by atoms with Crippen molar-refractivity contribution in [1.29, 1.82) is 0 Å². The molecule has 0 N–H and O–H groups in total. The Bertz CT molecular complexity index is 435. The van der Waals surface area contributed by atoms with E-state index in [1.54, 1.807) is 43.3 Å². The topological polar surface area (TPSA) is 49.7 Å². The first-order chi connectivity index (χ1) is 6.95. The van der Waals surface area contributed by atoms with Gasteiger partial charge in [0, 0.05) is 0 Å². The number of hydrogen-bond acceptors (Lipinski definition) is 4. The van der Waals surface area contributed by atoms with Crippen molar-refractivity contribution < 1.29 is 8.42 Å². The number of nitrogens with zero attached hydrogens (tertiary/aromatic N) is 2. The molecule has 0 aliphatic carbocycles. The maximum Gasteiger partial charge on any atom is 0.191 e. The fourth-order valence-electron chi connectivity index (χ4n) is 1.17. The van der Waals surface area contributed by atoms with E-state index in [1.165, 1.54) is 0 Å². The number of rotatable bonds is 4. The molecule has 1 aromatic rings. The van der Waals surface area contributed by atoms with Crippen LogP contribution < -0.4 is 0 Å². The fraction of sp³-hybridized carbons (Fsp3) is 0.300. The molecule has 0 unspecified atom stereocenters. The van der Waals surface area contributed by atoms with Crippen LogP contribution >= 0.6 is 0 Å². The lowest BCUT2D eigenvalue weighted by atomic mass is 10.3. The van der Waals surface area contributed by atoms with Crippen molar-refractivity contribution in [3.8, 4) is 0 Å². The van der Waals surface area contributed by atoms with Crippen LogP contribution in [0.25, 0.3) is 0 Å². The molecular formula is C10H14N2O2S. The molecule has 0 bridgehead atoms. The highest BCUT2D eigenvalue weighted by molar-refractivity contribution is 7.91. The van der Waals surface area contributed by atoms with Crippen molar-refractivity contribution in [1.82, 2.24) is 4.90 Å². The molecule has 15 heavy (non-hydrogen) atoms. The Labute approximate surface area is 90.2 Å². The highest BCUT2D eigenvalue weighted by Gasteiger charge is 2.14. The highest BCUT2D eigenvalue weighted by atomic mass is 32.2. The van der Waals surface area contributed by atoms with Crippen LogP contribution in [0.3, 0.4) is 0 Å². The average molecular weight is 226 g/mol. The molecule has 0 aliphatic heterocycles. The number of hydrogen-bond donors (Lipinski definition) is 0. The normalized spacial score (nSPS) is 11.7. The van der Waals surface area contributed by atoms with Crippen molar-refractivity contribution in [3.63, 3.8) is 0 Å². The summed E-state index contributed by atoms with van der Waals surface area (Å²) < 4.78 is 23.5. The SMILES string of the molecule is C=Nc1ccc(S(=O)(=O)CN(C)C)cc1. The van der Waals surface area contributed by atoms with Crippen LogP contribution in [0.15, 0.2) is 34.2 Å². The molecule has 0 fully saturated rings. The zero-order valence-electron chi connectivity index (χ0n) is 8.84. The smallest absolute Gasteiger partial charge is 0.191 e. The monoisotopic (exact) mass is 226 g/mol. The molecule has 0 heterocycles. The first-order valence-electron chi connectivity index (χ1n) is 4.40. The van der Waals surface area contributed by atoms with Gasteiger partial charge in [0.15, 0.2) is 9.84 Å². The minimum atomic E-state index is -3.22. The molecule has 0 spiro atoms. The van der Waals surface area contributed by atoms with E-state index in [9.17, 15) is 8.42 Å². The van der Waals surface area contributed by atoms with E-state index in [2.05, 4.69) is 11.7 Å². The van der Waals surface area contributed by atoms with Gasteiger partial charge in [-0.1, -0.05) is 0 Å². The summed E-state index contributed by atoms with van der Waals surface area (Å²) in [6, 6.07) is 6.36. The molecule has 5 heteroatoms. The molecule has 82 valence electrons. The van der Waals surface area contributed by atoms with Gasteiger partial charge < -0.3 is 0 Å². The van der Waals surface area contributed by atoms with Crippen LogP contribution in [0.5, 0.6) is 0 Å². The summed E-state index contributed by atoms with van der Waals surface area (Å²) in [6.45, 7) is 3.36. The van der Waals surface area contributed by atoms with Gasteiger partial charge in [-0.2, -0.15) is 0 Å². The predicted octanol–water partition coefficient (Wildman–Crippen LogP) is 1.31. The number of sulfone groups is 1. The molecule has 0 saturated carbocycles. The Balaban J connectivity index is 3.00. The van der Waals surface area contributed by atoms with E-state index in [1.807, 2.05) is 0 Å². The van der Waals surface area contributed by atoms with Crippen LogP contribution in [0.4, 0.5) is 5.69 Å². The maximum absolute atomic E-state index is 11.8. The van der Waals surface area contributed by atoms with Gasteiger partial charge in [-0.15, -0.1) is 0 Å². The third kappa shape index (κ3) is 3.14. The summed E-state index contributed by atoms with van der Waals surface area (Å²) in [4.78, 5) is 5.63. The molecule has 0 amide bonds. The number of benzene rings is 1. The van der Waals surface area contributed by atoms with Crippen LogP contribution in [-0.2, 0) is 9.84 Å². The average Bonchev–Trinajstić information content (AvgIpc) is 2.16. The van der Waals surface area contributed by atoms with Crippen molar-refractivity contribution in [2.45, 2.75) is 4.90 Å². The maximum atomic E-state index is 11.8. The molecule has 0 radical (unpaired) electrons. The van der Waals surface area contributed by atoms with Gasteiger partial charge in [-0.05, 0) is 45.1 Å². The first kappa shape index (κ1) is 11.9. The minimum Gasteiger partial charge on any atom is -0.296 e. The van der Waals surface area contributed by atoms with Crippen LogP contribution in [0.2, 0.25) is 0 Å². The van der Waals surface area contributed by atoms with Crippen LogP contribution in [0.1, 0.15) is 0 Å². The van der Waals surface area contributed by atoms with Crippen molar-refractivity contribution in [2.75, 3.05) is 20.0 Å². The molecule has 4 nitrogen and oxygen atoms in total. The van der Waals surface area contributed by atoms with Crippen LogP contribution in [0, 0.1) is 0 Å². The Morgan fingerprint density at radius 1 is 1.27 bits per heavy atom. The summed E-state index contributed by atoms with van der Waals surface area (Å²) in [7, 11) is 0.218. The molecule has 0 aliphatic rings. The Morgan fingerprint density at radius 3 is 2.20 bits per heavy atom. The molecule has 0 saturated heterocycles. The zero-order valence-corrected chi connectivity index (χ0v) is 9.66. The third-order valence-corrected chi connectivity index (χ3v) is 3.65. The zero-order chi connectivity index (χ0) is 11.5. The summed E-state index contributed by atoms with van der Waals surface area (Å²) in [5.74, 6) is 0.00780. The van der Waals surface area contributed by atoms with Gasteiger partial charge in [-0.25, -0.2) is 8.42 Å². The summed E-state index contributed by atoms with van der Waals surface area (Å²) in [5, 5.41) is 0. The summed E-state index contributed by atoms with van der Waals surface area (Å²) in [5.41, 5.74) is 0.666. The second-order valence-electron chi connectivity index (χ2n) is 3.48. The Morgan fingerprint density at radius 2 is 1.80 bits per heavy atom. The van der Waals surface area contributed by atoms with Crippen molar-refractivity contribution in [2.24, 2.45) is 4.99 Å². The second kappa shape index (κ2) is 4.55. The van der Waals surface area contributed by atoms with E-state index in [0.29, 0.717) is 10.6 Å². The molecule has 0 atom stereocenters. The summed E-state index contributed by atoms with van der Waals surface area (Å²) >= 11 is 0. The molecule has 1 aromatic carbocycles. The minimum absolute atomic E-state index is 0.00780. The van der Waals surface area contributed by atoms with E-state index in [-0.39, 0.29) is 5.88 Å². The van der Waals surface area contributed by atoms with Gasteiger partial charge in [-0.3, -0.25) is 9.89 Å². The van der Waals surface area contributed by atoms with E-state index in [4.69, 9.17) is 0 Å². The summed E-state index contributed by atoms with van der Waals surface area (Å²) in [6.07, 6.45) is 0. The molecule has 1 rings (SSSR count). The lowest BCUT2D eigenvalue weighted by Crippen LogP contribution is -2.21. The van der Waals surface area contributed by atoms with E-state index >= 15 is 0 Å². The lowest BCUT2D eigenvalue weighted by Gasteiger charge is -2.10. The molecule has 0 aromatic heterocycles. The Kier molecular flexibility index (Phi) is 3.60. The van der Waals surface area contributed by atoms with Gasteiger partial charge in [0.1, 0.15) is 5.88 Å². The van der Waals surface area contributed by atoms with Crippen molar-refractivity contribution >= 4 is 22.2 Å². The van der Waals surface area contributed by atoms with Crippen molar-refractivity contribution in [3.05, 3.63) is 24.3 Å². The van der Waals surface area contributed by atoms with E-state index in [0.717, 1.165) is 0 Å².